The van der Waals surface area contributed by atoms with Crippen LogP contribution in [0.1, 0.15) is 5.56 Å². The molecule has 0 saturated carbocycles. The lowest BCUT2D eigenvalue weighted by Crippen LogP contribution is -2.09. The van der Waals surface area contributed by atoms with Crippen LogP contribution in [0.5, 0.6) is 0 Å². The van der Waals surface area contributed by atoms with Gasteiger partial charge in [-0.15, -0.1) is 0 Å². The number of benzene rings is 8. The van der Waals surface area contributed by atoms with E-state index in [1.165, 1.54) is 4.57 Å². The van der Waals surface area contributed by atoms with Crippen LogP contribution in [-0.4, -0.2) is 9.13 Å². The molecule has 0 bridgehead atoms. The fourth-order valence-electron chi connectivity index (χ4n) is 8.66. The van der Waals surface area contributed by atoms with Crippen molar-refractivity contribution in [2.75, 3.05) is 0 Å². The van der Waals surface area contributed by atoms with Gasteiger partial charge in [0.05, 0.1) is 38.8 Å². The van der Waals surface area contributed by atoms with E-state index in [0.717, 1.165) is 73.7 Å². The number of hydrogen-bond donors (Lipinski definition) is 0. The van der Waals surface area contributed by atoms with Crippen molar-refractivity contribution >= 4 is 43.6 Å². The summed E-state index contributed by atoms with van der Waals surface area (Å²) in [5, 5.41) is -1.17. The Labute approximate surface area is 376 Å². The van der Waals surface area contributed by atoms with Crippen molar-refractivity contribution in [3.63, 3.8) is 0 Å². The predicted octanol–water partition coefficient (Wildman–Crippen LogP) is 15.8. The van der Waals surface area contributed by atoms with Gasteiger partial charge in [0.1, 0.15) is 5.69 Å². The first-order chi connectivity index (χ1) is 33.1. The largest absolute Gasteiger partial charge is 0.309 e. The number of rotatable bonds is 5. The molecule has 70 heavy (non-hydrogen) atoms. The molecule has 21 heteroatoms. The molecule has 10 aromatic rings. The third-order valence-corrected chi connectivity index (χ3v) is 12.0. The normalized spacial score (nSPS) is 12.0. The van der Waals surface area contributed by atoms with E-state index >= 15 is 35.1 Å². The van der Waals surface area contributed by atoms with Gasteiger partial charge in [-0.3, -0.25) is 0 Å². The van der Waals surface area contributed by atoms with Crippen LogP contribution in [-0.2, 0) is 0 Å². The average Bonchev–Trinajstić information content (AvgIpc) is 3.85. The molecule has 0 N–H and O–H groups in total. The number of nitrogens with zero attached hydrogens (tertiary/aromatic N) is 2. The molecule has 0 aliphatic rings. The fourth-order valence-corrected chi connectivity index (χ4v) is 8.66. The van der Waals surface area contributed by atoms with Crippen LogP contribution in [0.25, 0.3) is 88.4 Å². The Hall–Kier alpha value is -7.97. The molecule has 0 aliphatic carbocycles. The van der Waals surface area contributed by atoms with Gasteiger partial charge in [0.2, 0.25) is 17.5 Å². The second-order valence-electron chi connectivity index (χ2n) is 15.6. The standard InChI is InChI=1S/C49H15F19N2/c1-14-30(50)32(52)27(33(53)31(14)51)15-2-6-23-19(10-15)20-11-16(28-34(54)38(58)42(62)39(59)35(28)55)3-7-24(20)69(23)18-5-9-26-22(13-18)21-12-17(29-36(56)40(60)43(63)41(61)37(29)57)4-8-25(21)70(26)49-47(67)45(65)44(64)46(66)48(49)68/h2-13H,1H3. The van der Waals surface area contributed by atoms with Gasteiger partial charge >= 0.3 is 0 Å². The summed E-state index contributed by atoms with van der Waals surface area (Å²) in [6, 6.07) is 11.3. The van der Waals surface area contributed by atoms with Crippen molar-refractivity contribution in [3.05, 3.63) is 189 Å². The maximum atomic E-state index is 15.6. The van der Waals surface area contributed by atoms with E-state index in [0.29, 0.717) is 10.6 Å². The monoisotopic (exact) mass is 992 g/mol. The highest BCUT2D eigenvalue weighted by Gasteiger charge is 2.33. The van der Waals surface area contributed by atoms with Gasteiger partial charge < -0.3 is 9.13 Å². The summed E-state index contributed by atoms with van der Waals surface area (Å²) >= 11 is 0. The smallest absolute Gasteiger partial charge is 0.200 e. The fraction of sp³-hybridized carbons (Fsp3) is 0.0204. The molecule has 2 aromatic heterocycles. The predicted molar refractivity (Wildman–Crippen MR) is 215 cm³/mol. The van der Waals surface area contributed by atoms with Crippen LogP contribution in [0.2, 0.25) is 0 Å². The van der Waals surface area contributed by atoms with E-state index < -0.39 is 172 Å². The third kappa shape index (κ3) is 6.18. The highest BCUT2D eigenvalue weighted by atomic mass is 19.2. The maximum absolute atomic E-state index is 15.6. The molecule has 0 unspecified atom stereocenters. The first-order valence-corrected chi connectivity index (χ1v) is 19.6. The summed E-state index contributed by atoms with van der Waals surface area (Å²) in [5.74, 6) is -43.1. The molecule has 10 rings (SSSR count). The highest BCUT2D eigenvalue weighted by molar-refractivity contribution is 6.14. The molecular weight excluding hydrogens is 978 g/mol. The Kier molecular flexibility index (Phi) is 10.3. The maximum Gasteiger partial charge on any atom is 0.200 e. The van der Waals surface area contributed by atoms with Crippen molar-refractivity contribution < 1.29 is 83.4 Å². The zero-order valence-corrected chi connectivity index (χ0v) is 34.0. The number of fused-ring (bicyclic) bond motifs is 6. The van der Waals surface area contributed by atoms with Crippen LogP contribution in [0, 0.1) is 117 Å². The Morgan fingerprint density at radius 3 is 0.857 bits per heavy atom. The van der Waals surface area contributed by atoms with E-state index in [1.54, 1.807) is 0 Å². The van der Waals surface area contributed by atoms with Crippen LogP contribution in [0.3, 0.4) is 0 Å². The summed E-state index contributed by atoms with van der Waals surface area (Å²) in [6.45, 7) is 0.746. The Bertz CT molecular complexity index is 3780. The van der Waals surface area contributed by atoms with Crippen molar-refractivity contribution in [1.82, 2.24) is 9.13 Å². The number of halogens is 19. The first-order valence-electron chi connectivity index (χ1n) is 19.6. The lowest BCUT2D eigenvalue weighted by molar-refractivity contribution is 0.376. The number of aromatic nitrogens is 2. The molecule has 2 nitrogen and oxygen atoms in total. The summed E-state index contributed by atoms with van der Waals surface area (Å²) in [6.07, 6.45) is 0. The zero-order chi connectivity index (χ0) is 50.4. The van der Waals surface area contributed by atoms with E-state index in [1.807, 2.05) is 0 Å². The van der Waals surface area contributed by atoms with Crippen LogP contribution in [0.15, 0.2) is 72.8 Å². The molecule has 0 spiro atoms. The topological polar surface area (TPSA) is 9.86 Å². The first kappa shape index (κ1) is 45.8. The Morgan fingerprint density at radius 1 is 0.257 bits per heavy atom. The van der Waals surface area contributed by atoms with Gasteiger partial charge in [0.25, 0.3) is 0 Å². The molecule has 354 valence electrons. The van der Waals surface area contributed by atoms with Crippen LogP contribution < -0.4 is 0 Å². The lowest BCUT2D eigenvalue weighted by Gasteiger charge is -2.13. The van der Waals surface area contributed by atoms with Crippen molar-refractivity contribution in [1.29, 1.82) is 0 Å². The Morgan fingerprint density at radius 2 is 0.514 bits per heavy atom. The molecule has 0 aliphatic heterocycles. The van der Waals surface area contributed by atoms with Gasteiger partial charge in [-0.05, 0) is 78.2 Å². The average molecular weight is 993 g/mol. The number of hydrogen-bond acceptors (Lipinski definition) is 0. The van der Waals surface area contributed by atoms with Crippen LogP contribution in [0.4, 0.5) is 83.4 Å². The second-order valence-corrected chi connectivity index (χ2v) is 15.6. The van der Waals surface area contributed by atoms with Crippen molar-refractivity contribution in [2.24, 2.45) is 0 Å². The summed E-state index contributed by atoms with van der Waals surface area (Å²) in [7, 11) is 0. The van der Waals surface area contributed by atoms with E-state index in [2.05, 4.69) is 0 Å². The molecule has 0 amide bonds. The van der Waals surface area contributed by atoms with Gasteiger partial charge in [-0.2, -0.15) is 0 Å². The molecule has 0 atom stereocenters. The molecule has 2 heterocycles. The minimum atomic E-state index is -2.56. The van der Waals surface area contributed by atoms with Gasteiger partial charge in [-0.1, -0.05) is 18.2 Å². The zero-order valence-electron chi connectivity index (χ0n) is 34.0. The Balaban J connectivity index is 1.31. The quantitative estimate of drug-likeness (QED) is 0.0924. The van der Waals surface area contributed by atoms with E-state index in [-0.39, 0.29) is 32.9 Å². The SMILES string of the molecule is Cc1c(F)c(F)c(-c2ccc3c(c2)c2cc(-c4c(F)c(F)c(F)c(F)c4F)ccc2n3-c2ccc3c(c2)c2cc(-c4c(F)c(F)c(F)c(F)c4F)ccc2n3-c2c(F)c(F)c(F)c(F)c2F)c(F)c1F. The van der Waals surface area contributed by atoms with Gasteiger partial charge in [-0.25, -0.2) is 83.4 Å². The summed E-state index contributed by atoms with van der Waals surface area (Å²) < 4.78 is 284. The van der Waals surface area contributed by atoms with Gasteiger partial charge in [0.15, 0.2) is 93.1 Å². The molecule has 0 saturated heterocycles. The summed E-state index contributed by atoms with van der Waals surface area (Å²) in [4.78, 5) is 0. The minimum Gasteiger partial charge on any atom is -0.309 e. The minimum absolute atomic E-state index is 0.0906. The molecule has 0 fully saturated rings. The second kappa shape index (κ2) is 15.8. The van der Waals surface area contributed by atoms with Crippen molar-refractivity contribution in [2.45, 2.75) is 6.92 Å². The van der Waals surface area contributed by atoms with Crippen LogP contribution >= 0.6 is 0 Å². The third-order valence-electron chi connectivity index (χ3n) is 12.0. The van der Waals surface area contributed by atoms with Crippen molar-refractivity contribution in [3.8, 4) is 44.8 Å². The van der Waals surface area contributed by atoms with Gasteiger partial charge in [0, 0.05) is 32.8 Å². The van der Waals surface area contributed by atoms with E-state index in [4.69, 9.17) is 0 Å². The summed E-state index contributed by atoms with van der Waals surface area (Å²) in [5.41, 5.74) is -10.1. The van der Waals surface area contributed by atoms with E-state index in [9.17, 15) is 48.3 Å². The molecular formula is C49H15F19N2. The molecule has 0 radical (unpaired) electrons. The molecule has 8 aromatic carbocycles. The lowest BCUT2D eigenvalue weighted by atomic mass is 9.98. The highest BCUT2D eigenvalue weighted by Crippen LogP contribution is 2.44.